The lowest BCUT2D eigenvalue weighted by molar-refractivity contribution is 0.125. The molecule has 1 N–H and O–H groups in total. The number of rotatable bonds is 7. The van der Waals surface area contributed by atoms with Gasteiger partial charge in [0.15, 0.2) is 0 Å². The summed E-state index contributed by atoms with van der Waals surface area (Å²) in [6.07, 6.45) is 5.39. The van der Waals surface area contributed by atoms with Crippen LogP contribution in [0.4, 0.5) is 0 Å². The molecule has 1 aliphatic rings. The Morgan fingerprint density at radius 2 is 2.12 bits per heavy atom. The molecule has 0 bridgehead atoms. The van der Waals surface area contributed by atoms with Crippen molar-refractivity contribution in [3.63, 3.8) is 0 Å². The SMILES string of the molecule is COCCN(CCC1CCCCN1)C(C)C. The Morgan fingerprint density at radius 3 is 2.69 bits per heavy atom. The standard InChI is InChI=1S/C13H28N2O/c1-12(2)15(10-11-16-3)9-7-13-6-4-5-8-14-13/h12-14H,4-11H2,1-3H3. The van der Waals surface area contributed by atoms with E-state index in [0.717, 1.165) is 19.2 Å². The molecule has 0 aromatic heterocycles. The second-order valence-electron chi connectivity index (χ2n) is 5.06. The molecule has 0 aromatic carbocycles. The van der Waals surface area contributed by atoms with Gasteiger partial charge in [0.1, 0.15) is 0 Å². The minimum Gasteiger partial charge on any atom is -0.383 e. The molecule has 1 rings (SSSR count). The van der Waals surface area contributed by atoms with Gasteiger partial charge in [0, 0.05) is 25.7 Å². The second kappa shape index (κ2) is 8.04. The Labute approximate surface area is 101 Å². The Kier molecular flexibility index (Phi) is 7.01. The van der Waals surface area contributed by atoms with E-state index in [1.807, 2.05) is 0 Å². The van der Waals surface area contributed by atoms with Crippen LogP contribution in [0.15, 0.2) is 0 Å². The van der Waals surface area contributed by atoms with Crippen molar-refractivity contribution in [3.8, 4) is 0 Å². The van der Waals surface area contributed by atoms with E-state index in [1.165, 1.54) is 38.8 Å². The fourth-order valence-corrected chi connectivity index (χ4v) is 2.33. The van der Waals surface area contributed by atoms with Crippen LogP contribution in [0.25, 0.3) is 0 Å². The van der Waals surface area contributed by atoms with Crippen LogP contribution in [0.3, 0.4) is 0 Å². The summed E-state index contributed by atoms with van der Waals surface area (Å²) in [7, 11) is 1.78. The average Bonchev–Trinajstić information content (AvgIpc) is 2.30. The minimum atomic E-state index is 0.624. The third-order valence-electron chi connectivity index (χ3n) is 3.49. The number of nitrogens with zero attached hydrogens (tertiary/aromatic N) is 1. The summed E-state index contributed by atoms with van der Waals surface area (Å²) in [5, 5.41) is 3.61. The van der Waals surface area contributed by atoms with E-state index in [0.29, 0.717) is 6.04 Å². The van der Waals surface area contributed by atoms with Gasteiger partial charge < -0.3 is 10.1 Å². The van der Waals surface area contributed by atoms with Gasteiger partial charge in [-0.25, -0.2) is 0 Å². The highest BCUT2D eigenvalue weighted by atomic mass is 16.5. The molecule has 96 valence electrons. The number of hydrogen-bond donors (Lipinski definition) is 1. The summed E-state index contributed by atoms with van der Waals surface area (Å²) >= 11 is 0. The van der Waals surface area contributed by atoms with Gasteiger partial charge in [-0.15, -0.1) is 0 Å². The lowest BCUT2D eigenvalue weighted by Gasteiger charge is -2.30. The molecule has 0 radical (unpaired) electrons. The molecule has 1 aliphatic heterocycles. The zero-order chi connectivity index (χ0) is 11.8. The van der Waals surface area contributed by atoms with Crippen LogP contribution in [0, 0.1) is 0 Å². The molecule has 16 heavy (non-hydrogen) atoms. The Hall–Kier alpha value is -0.120. The van der Waals surface area contributed by atoms with Crippen LogP contribution in [0.2, 0.25) is 0 Å². The van der Waals surface area contributed by atoms with Gasteiger partial charge in [-0.05, 0) is 46.2 Å². The highest BCUT2D eigenvalue weighted by molar-refractivity contribution is 4.74. The Balaban J connectivity index is 2.19. The molecule has 0 spiro atoms. The predicted octanol–water partition coefficient (Wildman–Crippen LogP) is 1.88. The first-order valence-electron chi connectivity index (χ1n) is 6.70. The van der Waals surface area contributed by atoms with Crippen molar-refractivity contribution in [2.75, 3.05) is 33.4 Å². The molecule has 1 fully saturated rings. The van der Waals surface area contributed by atoms with Crippen molar-refractivity contribution in [3.05, 3.63) is 0 Å². The van der Waals surface area contributed by atoms with Gasteiger partial charge >= 0.3 is 0 Å². The molecular weight excluding hydrogens is 200 g/mol. The quantitative estimate of drug-likeness (QED) is 0.720. The van der Waals surface area contributed by atoms with Crippen molar-refractivity contribution in [1.82, 2.24) is 10.2 Å². The number of piperidine rings is 1. The van der Waals surface area contributed by atoms with Gasteiger partial charge in [0.25, 0.3) is 0 Å². The molecule has 0 aliphatic carbocycles. The molecule has 0 saturated carbocycles. The zero-order valence-corrected chi connectivity index (χ0v) is 11.2. The van der Waals surface area contributed by atoms with E-state index in [4.69, 9.17) is 4.74 Å². The molecule has 0 aromatic rings. The van der Waals surface area contributed by atoms with Crippen molar-refractivity contribution < 1.29 is 4.74 Å². The molecule has 1 heterocycles. The summed E-state index contributed by atoms with van der Waals surface area (Å²) in [5.41, 5.74) is 0. The van der Waals surface area contributed by atoms with Gasteiger partial charge in [-0.3, -0.25) is 4.90 Å². The summed E-state index contributed by atoms with van der Waals surface area (Å²) in [5.74, 6) is 0. The third kappa shape index (κ3) is 5.28. The molecule has 1 unspecified atom stereocenters. The van der Waals surface area contributed by atoms with Gasteiger partial charge in [0.2, 0.25) is 0 Å². The Bertz CT molecular complexity index is 167. The average molecular weight is 228 g/mol. The smallest absolute Gasteiger partial charge is 0.0589 e. The lowest BCUT2D eigenvalue weighted by Crippen LogP contribution is -2.40. The fourth-order valence-electron chi connectivity index (χ4n) is 2.33. The topological polar surface area (TPSA) is 24.5 Å². The highest BCUT2D eigenvalue weighted by Gasteiger charge is 2.15. The monoisotopic (exact) mass is 228 g/mol. The van der Waals surface area contributed by atoms with E-state index < -0.39 is 0 Å². The minimum absolute atomic E-state index is 0.624. The van der Waals surface area contributed by atoms with Gasteiger partial charge in [0.05, 0.1) is 6.61 Å². The maximum absolute atomic E-state index is 5.16. The van der Waals surface area contributed by atoms with Crippen molar-refractivity contribution in [1.29, 1.82) is 0 Å². The largest absolute Gasteiger partial charge is 0.383 e. The summed E-state index contributed by atoms with van der Waals surface area (Å²) in [4.78, 5) is 2.51. The molecule has 1 atom stereocenters. The molecule has 1 saturated heterocycles. The summed E-state index contributed by atoms with van der Waals surface area (Å²) in [6.45, 7) is 8.84. The molecule has 0 amide bonds. The van der Waals surface area contributed by atoms with Crippen LogP contribution in [0.1, 0.15) is 39.5 Å². The second-order valence-corrected chi connectivity index (χ2v) is 5.06. The van der Waals surface area contributed by atoms with Crippen molar-refractivity contribution in [2.24, 2.45) is 0 Å². The maximum atomic E-state index is 5.16. The molecule has 3 heteroatoms. The van der Waals surface area contributed by atoms with Gasteiger partial charge in [-0.2, -0.15) is 0 Å². The highest BCUT2D eigenvalue weighted by Crippen LogP contribution is 2.11. The Morgan fingerprint density at radius 1 is 1.31 bits per heavy atom. The third-order valence-corrected chi connectivity index (χ3v) is 3.49. The fraction of sp³-hybridized carbons (Fsp3) is 1.00. The van der Waals surface area contributed by atoms with Crippen LogP contribution in [0.5, 0.6) is 0 Å². The van der Waals surface area contributed by atoms with Gasteiger partial charge in [-0.1, -0.05) is 6.42 Å². The number of ether oxygens (including phenoxy) is 1. The predicted molar refractivity (Wildman–Crippen MR) is 68.8 cm³/mol. The van der Waals surface area contributed by atoms with Crippen LogP contribution >= 0.6 is 0 Å². The summed E-state index contributed by atoms with van der Waals surface area (Å²) < 4.78 is 5.16. The number of nitrogens with one attached hydrogen (secondary N) is 1. The van der Waals surface area contributed by atoms with E-state index in [-0.39, 0.29) is 0 Å². The van der Waals surface area contributed by atoms with E-state index in [1.54, 1.807) is 7.11 Å². The first-order chi connectivity index (χ1) is 7.74. The number of hydrogen-bond acceptors (Lipinski definition) is 3. The van der Waals surface area contributed by atoms with Crippen LogP contribution in [-0.4, -0.2) is 50.3 Å². The van der Waals surface area contributed by atoms with E-state index >= 15 is 0 Å². The van der Waals surface area contributed by atoms with E-state index in [9.17, 15) is 0 Å². The molecule has 3 nitrogen and oxygen atoms in total. The normalized spacial score (nSPS) is 21.9. The molecular formula is C13H28N2O. The first kappa shape index (κ1) is 13.9. The van der Waals surface area contributed by atoms with E-state index in [2.05, 4.69) is 24.1 Å². The maximum Gasteiger partial charge on any atom is 0.0589 e. The van der Waals surface area contributed by atoms with Crippen LogP contribution in [-0.2, 0) is 4.74 Å². The lowest BCUT2D eigenvalue weighted by atomic mass is 10.0. The zero-order valence-electron chi connectivity index (χ0n) is 11.2. The van der Waals surface area contributed by atoms with Crippen molar-refractivity contribution in [2.45, 2.75) is 51.6 Å². The first-order valence-corrected chi connectivity index (χ1v) is 6.70. The number of methoxy groups -OCH3 is 1. The van der Waals surface area contributed by atoms with Crippen molar-refractivity contribution >= 4 is 0 Å². The summed E-state index contributed by atoms with van der Waals surface area (Å²) in [6, 6.07) is 1.37. The van der Waals surface area contributed by atoms with Crippen LogP contribution < -0.4 is 5.32 Å².